The molecule has 0 aliphatic heterocycles. The van der Waals surface area contributed by atoms with E-state index in [2.05, 4.69) is 4.74 Å². The molecule has 0 saturated heterocycles. The van der Waals surface area contributed by atoms with Crippen LogP contribution in [0.4, 0.5) is 0 Å². The molecule has 6 heteroatoms. The van der Waals surface area contributed by atoms with Crippen molar-refractivity contribution in [3.8, 4) is 5.75 Å². The molecule has 0 fully saturated rings. The zero-order chi connectivity index (χ0) is 21.0. The summed E-state index contributed by atoms with van der Waals surface area (Å²) in [4.78, 5) is 36.4. The summed E-state index contributed by atoms with van der Waals surface area (Å²) in [5.41, 5.74) is 2.05. The Kier molecular flexibility index (Phi) is 6.12. The minimum Gasteiger partial charge on any atom is -0.485 e. The van der Waals surface area contributed by atoms with Gasteiger partial charge in [-0.25, -0.2) is 4.79 Å². The number of benzene rings is 2. The van der Waals surface area contributed by atoms with Gasteiger partial charge in [0.2, 0.25) is 0 Å². The van der Waals surface area contributed by atoms with Crippen molar-refractivity contribution >= 4 is 22.7 Å². The number of ketones is 1. The number of hydrogen-bond acceptors (Lipinski definition) is 6. The Morgan fingerprint density at radius 2 is 1.76 bits per heavy atom. The lowest BCUT2D eigenvalue weighted by Crippen LogP contribution is -2.17. The Bertz CT molecular complexity index is 1110. The van der Waals surface area contributed by atoms with Crippen LogP contribution in [0.5, 0.6) is 5.75 Å². The van der Waals surface area contributed by atoms with Gasteiger partial charge in [0.1, 0.15) is 11.3 Å². The van der Waals surface area contributed by atoms with Crippen LogP contribution >= 0.6 is 0 Å². The predicted molar refractivity (Wildman–Crippen MR) is 109 cm³/mol. The Hall–Kier alpha value is -3.41. The third kappa shape index (κ3) is 4.21. The molecule has 0 N–H and O–H groups in total. The molecule has 0 radical (unpaired) electrons. The Balaban J connectivity index is 1.96. The van der Waals surface area contributed by atoms with E-state index in [1.807, 2.05) is 13.0 Å². The number of Topliss-reactive ketones (excluding diaryl/α,β-unsaturated/α-hetero) is 1. The molecule has 0 amide bonds. The van der Waals surface area contributed by atoms with Crippen molar-refractivity contribution in [1.82, 2.24) is 0 Å². The van der Waals surface area contributed by atoms with Gasteiger partial charge in [0, 0.05) is 16.5 Å². The lowest BCUT2D eigenvalue weighted by atomic mass is 10.00. The van der Waals surface area contributed by atoms with Crippen molar-refractivity contribution in [2.24, 2.45) is 0 Å². The number of ether oxygens (including phenoxy) is 2. The Morgan fingerprint density at radius 1 is 1.03 bits per heavy atom. The molecular weight excluding hydrogens is 372 g/mol. The number of fused-ring (bicyclic) bond motifs is 1. The third-order valence-corrected chi connectivity index (χ3v) is 4.87. The SMILES string of the molecule is CCc1c(OCC(=O)c2ccccc2)ccc2c(C)c(CC(=O)OC)c(=O)oc12. The van der Waals surface area contributed by atoms with Crippen LogP contribution in [0.15, 0.2) is 51.7 Å². The first-order valence-corrected chi connectivity index (χ1v) is 9.32. The highest BCUT2D eigenvalue weighted by atomic mass is 16.5. The number of carbonyl (C=O) groups is 2. The summed E-state index contributed by atoms with van der Waals surface area (Å²) in [6.07, 6.45) is 0.400. The van der Waals surface area contributed by atoms with Gasteiger partial charge in [-0.15, -0.1) is 0 Å². The minimum absolute atomic E-state index is 0.119. The van der Waals surface area contributed by atoms with Gasteiger partial charge in [0.25, 0.3) is 0 Å². The maximum absolute atomic E-state index is 12.5. The fraction of sp³-hybridized carbons (Fsp3) is 0.261. The van der Waals surface area contributed by atoms with Crippen molar-refractivity contribution in [1.29, 1.82) is 0 Å². The van der Waals surface area contributed by atoms with Crippen LogP contribution in [0.2, 0.25) is 0 Å². The lowest BCUT2D eigenvalue weighted by Gasteiger charge is -2.14. The smallest absolute Gasteiger partial charge is 0.340 e. The highest BCUT2D eigenvalue weighted by Gasteiger charge is 2.19. The van der Waals surface area contributed by atoms with E-state index in [4.69, 9.17) is 9.15 Å². The average molecular weight is 394 g/mol. The number of rotatable bonds is 7. The maximum Gasteiger partial charge on any atom is 0.340 e. The number of hydrogen-bond donors (Lipinski definition) is 0. The largest absolute Gasteiger partial charge is 0.485 e. The minimum atomic E-state index is -0.576. The summed E-state index contributed by atoms with van der Waals surface area (Å²) in [5, 5.41) is 0.724. The summed E-state index contributed by atoms with van der Waals surface area (Å²) in [6.45, 7) is 3.57. The second-order valence-electron chi connectivity index (χ2n) is 6.60. The van der Waals surface area contributed by atoms with Crippen LogP contribution in [-0.4, -0.2) is 25.5 Å². The van der Waals surface area contributed by atoms with Crippen LogP contribution in [0.1, 0.15) is 34.0 Å². The number of esters is 1. The van der Waals surface area contributed by atoms with E-state index < -0.39 is 11.6 Å². The van der Waals surface area contributed by atoms with Crippen LogP contribution < -0.4 is 10.4 Å². The molecule has 1 aromatic heterocycles. The van der Waals surface area contributed by atoms with E-state index in [0.29, 0.717) is 34.4 Å². The molecule has 0 atom stereocenters. The van der Waals surface area contributed by atoms with Crippen molar-refractivity contribution in [3.63, 3.8) is 0 Å². The second kappa shape index (κ2) is 8.73. The van der Waals surface area contributed by atoms with Gasteiger partial charge in [0.05, 0.1) is 19.1 Å². The topological polar surface area (TPSA) is 82.8 Å². The summed E-state index contributed by atoms with van der Waals surface area (Å²) in [6, 6.07) is 12.4. The van der Waals surface area contributed by atoms with Gasteiger partial charge >= 0.3 is 11.6 Å². The Labute approximate surface area is 168 Å². The normalized spacial score (nSPS) is 10.7. The molecule has 0 bridgehead atoms. The first-order chi connectivity index (χ1) is 14.0. The van der Waals surface area contributed by atoms with Gasteiger partial charge in [-0.1, -0.05) is 37.3 Å². The van der Waals surface area contributed by atoms with Crippen molar-refractivity contribution in [2.45, 2.75) is 26.7 Å². The van der Waals surface area contributed by atoms with E-state index in [1.54, 1.807) is 43.3 Å². The monoisotopic (exact) mass is 394 g/mol. The molecule has 0 aliphatic rings. The van der Waals surface area contributed by atoms with Gasteiger partial charge in [-0.05, 0) is 31.0 Å². The molecule has 3 aromatic rings. The number of methoxy groups -OCH3 is 1. The van der Waals surface area contributed by atoms with Gasteiger partial charge in [-0.3, -0.25) is 9.59 Å². The van der Waals surface area contributed by atoms with E-state index in [9.17, 15) is 14.4 Å². The van der Waals surface area contributed by atoms with Gasteiger partial charge in [-0.2, -0.15) is 0 Å². The van der Waals surface area contributed by atoms with Crippen molar-refractivity contribution < 1.29 is 23.5 Å². The first-order valence-electron chi connectivity index (χ1n) is 9.32. The van der Waals surface area contributed by atoms with Gasteiger partial charge in [0.15, 0.2) is 12.4 Å². The first kappa shape index (κ1) is 20.3. The summed E-state index contributed by atoms with van der Waals surface area (Å²) < 4.78 is 16.0. The zero-order valence-corrected chi connectivity index (χ0v) is 16.6. The molecule has 150 valence electrons. The van der Waals surface area contributed by atoms with E-state index in [1.165, 1.54) is 7.11 Å². The number of carbonyl (C=O) groups excluding carboxylic acids is 2. The molecular formula is C23H22O6. The number of aryl methyl sites for hydroxylation is 2. The fourth-order valence-electron chi connectivity index (χ4n) is 3.23. The summed E-state index contributed by atoms with van der Waals surface area (Å²) >= 11 is 0. The van der Waals surface area contributed by atoms with Crippen LogP contribution in [-0.2, 0) is 22.4 Å². The predicted octanol–water partition coefficient (Wildman–Crippen LogP) is 3.64. The van der Waals surface area contributed by atoms with Crippen molar-refractivity contribution in [3.05, 3.63) is 75.1 Å². The van der Waals surface area contributed by atoms with E-state index in [0.717, 1.165) is 5.39 Å². The molecule has 2 aromatic carbocycles. The standard InChI is InChI=1S/C23H22O6/c1-4-16-20(28-13-19(24)15-8-6-5-7-9-15)11-10-17-14(2)18(12-21(25)27-3)23(26)29-22(16)17/h5-11H,4,12-13H2,1-3H3. The molecule has 29 heavy (non-hydrogen) atoms. The second-order valence-corrected chi connectivity index (χ2v) is 6.60. The molecule has 6 nitrogen and oxygen atoms in total. The van der Waals surface area contributed by atoms with E-state index in [-0.39, 0.29) is 24.4 Å². The van der Waals surface area contributed by atoms with Crippen LogP contribution in [0.25, 0.3) is 11.0 Å². The highest BCUT2D eigenvalue weighted by Crippen LogP contribution is 2.31. The molecule has 0 spiro atoms. The van der Waals surface area contributed by atoms with Crippen LogP contribution in [0.3, 0.4) is 0 Å². The van der Waals surface area contributed by atoms with Gasteiger partial charge < -0.3 is 13.9 Å². The molecule has 1 heterocycles. The Morgan fingerprint density at radius 3 is 2.41 bits per heavy atom. The molecule has 0 saturated carbocycles. The average Bonchev–Trinajstić information content (AvgIpc) is 2.74. The maximum atomic E-state index is 12.5. The molecule has 0 unspecified atom stereocenters. The van der Waals surface area contributed by atoms with Crippen molar-refractivity contribution in [2.75, 3.05) is 13.7 Å². The highest BCUT2D eigenvalue weighted by molar-refractivity contribution is 5.97. The third-order valence-electron chi connectivity index (χ3n) is 4.87. The summed E-state index contributed by atoms with van der Waals surface area (Å²) in [5.74, 6) is -0.152. The zero-order valence-electron chi connectivity index (χ0n) is 16.6. The summed E-state index contributed by atoms with van der Waals surface area (Å²) in [7, 11) is 1.27. The fourth-order valence-corrected chi connectivity index (χ4v) is 3.23. The molecule has 0 aliphatic carbocycles. The lowest BCUT2D eigenvalue weighted by molar-refractivity contribution is -0.139. The van der Waals surface area contributed by atoms with E-state index >= 15 is 0 Å². The molecule has 3 rings (SSSR count). The quantitative estimate of drug-likeness (QED) is 0.346. The van der Waals surface area contributed by atoms with Crippen LogP contribution in [0, 0.1) is 6.92 Å².